The lowest BCUT2D eigenvalue weighted by molar-refractivity contribution is -0.115. The maximum Gasteiger partial charge on any atom is 0.438 e. The highest BCUT2D eigenvalue weighted by Gasteiger charge is 2.09. The van der Waals surface area contributed by atoms with E-state index in [9.17, 15) is 9.59 Å². The van der Waals surface area contributed by atoms with Crippen LogP contribution in [0.3, 0.4) is 0 Å². The van der Waals surface area contributed by atoms with Crippen LogP contribution in [-0.4, -0.2) is 16.0 Å². The van der Waals surface area contributed by atoms with Gasteiger partial charge in [-0.25, -0.2) is 4.79 Å². The predicted octanol–water partition coefficient (Wildman–Crippen LogP) is 0.853. The molecule has 0 aliphatic heterocycles. The number of amides is 1. The zero-order valence-corrected chi connectivity index (χ0v) is 9.19. The molecule has 1 aromatic carbocycles. The Kier molecular flexibility index (Phi) is 3.04. The monoisotopic (exact) mass is 233 g/mol. The second kappa shape index (κ2) is 4.65. The number of carbonyl (C=O) groups is 1. The largest absolute Gasteiger partial charge is 0.438 e. The minimum absolute atomic E-state index is 0.0277. The van der Waals surface area contributed by atoms with E-state index in [1.807, 2.05) is 25.1 Å². The first-order valence-corrected chi connectivity index (χ1v) is 5.05. The lowest BCUT2D eigenvalue weighted by Crippen LogP contribution is -2.16. The average molecular weight is 233 g/mol. The molecule has 2 N–H and O–H groups in total. The summed E-state index contributed by atoms with van der Waals surface area (Å²) in [5, 5.41) is 6.14. The molecule has 0 saturated heterocycles. The van der Waals surface area contributed by atoms with Gasteiger partial charge in [-0.05, 0) is 18.6 Å². The first-order chi connectivity index (χ1) is 8.15. The van der Waals surface area contributed by atoms with Crippen LogP contribution in [0.15, 0.2) is 33.6 Å². The van der Waals surface area contributed by atoms with Crippen LogP contribution in [-0.2, 0) is 11.2 Å². The van der Waals surface area contributed by atoms with Gasteiger partial charge in [0.25, 0.3) is 0 Å². The summed E-state index contributed by atoms with van der Waals surface area (Å²) in [4.78, 5) is 24.6. The molecule has 88 valence electrons. The maximum atomic E-state index is 11.6. The van der Waals surface area contributed by atoms with Crippen LogP contribution in [0.25, 0.3) is 0 Å². The van der Waals surface area contributed by atoms with Gasteiger partial charge in [-0.3, -0.25) is 14.3 Å². The number of H-pyrrole nitrogens is 1. The number of aromatic nitrogens is 2. The minimum Gasteiger partial charge on any atom is -0.325 e. The molecule has 0 fully saturated rings. The fourth-order valence-corrected chi connectivity index (χ4v) is 1.40. The number of nitrogens with zero attached hydrogens (tertiary/aromatic N) is 1. The number of rotatable bonds is 3. The summed E-state index contributed by atoms with van der Waals surface area (Å²) in [5.74, 6) is -0.714. The second-order valence-electron chi connectivity index (χ2n) is 3.58. The minimum atomic E-state index is -0.663. The maximum absolute atomic E-state index is 11.6. The Morgan fingerprint density at radius 2 is 2.24 bits per heavy atom. The zero-order valence-electron chi connectivity index (χ0n) is 9.19. The molecule has 0 saturated carbocycles. The van der Waals surface area contributed by atoms with Crippen molar-refractivity contribution in [3.63, 3.8) is 0 Å². The molecule has 0 aliphatic rings. The van der Waals surface area contributed by atoms with E-state index in [4.69, 9.17) is 0 Å². The molecule has 0 bridgehead atoms. The highest BCUT2D eigenvalue weighted by molar-refractivity contribution is 5.92. The highest BCUT2D eigenvalue weighted by Crippen LogP contribution is 2.13. The molecule has 0 atom stereocenters. The van der Waals surface area contributed by atoms with Gasteiger partial charge in [0.1, 0.15) is 0 Å². The van der Waals surface area contributed by atoms with Crippen molar-refractivity contribution in [2.45, 2.75) is 13.3 Å². The number of anilines is 1. The smallest absolute Gasteiger partial charge is 0.325 e. The number of benzene rings is 1. The van der Waals surface area contributed by atoms with Crippen LogP contribution in [0, 0.1) is 6.92 Å². The van der Waals surface area contributed by atoms with E-state index in [1.54, 1.807) is 6.07 Å². The van der Waals surface area contributed by atoms with Gasteiger partial charge in [-0.2, -0.15) is 0 Å². The number of aromatic amines is 1. The fraction of sp³-hybridized carbons (Fsp3) is 0.182. The predicted molar refractivity (Wildman–Crippen MR) is 60.6 cm³/mol. The number of carbonyl (C=O) groups excluding carboxylic acids is 1. The second-order valence-corrected chi connectivity index (χ2v) is 3.58. The Morgan fingerprint density at radius 3 is 2.88 bits per heavy atom. The van der Waals surface area contributed by atoms with Crippen LogP contribution in [0.4, 0.5) is 5.69 Å². The van der Waals surface area contributed by atoms with Gasteiger partial charge >= 0.3 is 5.76 Å². The van der Waals surface area contributed by atoms with Crippen molar-refractivity contribution in [2.24, 2.45) is 0 Å². The van der Waals surface area contributed by atoms with E-state index in [0.717, 1.165) is 11.3 Å². The van der Waals surface area contributed by atoms with Crippen LogP contribution in [0.1, 0.15) is 11.4 Å². The van der Waals surface area contributed by atoms with E-state index < -0.39 is 5.76 Å². The SMILES string of the molecule is Cc1ccccc1NC(=O)Cc1noc(=O)[nH]1. The summed E-state index contributed by atoms with van der Waals surface area (Å²) in [7, 11) is 0. The summed E-state index contributed by atoms with van der Waals surface area (Å²) in [6.07, 6.45) is -0.0277. The molecular formula is C11H11N3O3. The van der Waals surface area contributed by atoms with Crippen molar-refractivity contribution in [2.75, 3.05) is 5.32 Å². The van der Waals surface area contributed by atoms with Crippen molar-refractivity contribution >= 4 is 11.6 Å². The van der Waals surface area contributed by atoms with Crippen molar-refractivity contribution in [3.05, 3.63) is 46.2 Å². The van der Waals surface area contributed by atoms with E-state index in [-0.39, 0.29) is 18.2 Å². The van der Waals surface area contributed by atoms with Crippen molar-refractivity contribution in [1.82, 2.24) is 10.1 Å². The van der Waals surface area contributed by atoms with Gasteiger partial charge in [-0.15, -0.1) is 0 Å². The lowest BCUT2D eigenvalue weighted by atomic mass is 10.2. The normalized spacial score (nSPS) is 10.2. The molecule has 0 aliphatic carbocycles. The van der Waals surface area contributed by atoms with Crippen molar-refractivity contribution < 1.29 is 9.32 Å². The van der Waals surface area contributed by atoms with Gasteiger partial charge in [0, 0.05) is 5.69 Å². The average Bonchev–Trinajstić information content (AvgIpc) is 2.67. The van der Waals surface area contributed by atoms with Crippen LogP contribution >= 0.6 is 0 Å². The molecule has 1 amide bonds. The molecule has 17 heavy (non-hydrogen) atoms. The lowest BCUT2D eigenvalue weighted by Gasteiger charge is -2.06. The number of aryl methyl sites for hydroxylation is 1. The summed E-state index contributed by atoms with van der Waals surface area (Å²) < 4.78 is 4.30. The third-order valence-electron chi connectivity index (χ3n) is 2.23. The molecule has 1 heterocycles. The molecule has 6 heteroatoms. The van der Waals surface area contributed by atoms with Crippen LogP contribution in [0.5, 0.6) is 0 Å². The van der Waals surface area contributed by atoms with Crippen molar-refractivity contribution in [3.8, 4) is 0 Å². The molecule has 0 spiro atoms. The summed E-state index contributed by atoms with van der Waals surface area (Å²) in [6.45, 7) is 1.90. The van der Waals surface area contributed by atoms with Crippen LogP contribution < -0.4 is 11.1 Å². The van der Waals surface area contributed by atoms with Crippen LogP contribution in [0.2, 0.25) is 0 Å². The van der Waals surface area contributed by atoms with E-state index >= 15 is 0 Å². The summed E-state index contributed by atoms with van der Waals surface area (Å²) in [5.41, 5.74) is 1.71. The van der Waals surface area contributed by atoms with Gasteiger partial charge in [-0.1, -0.05) is 23.4 Å². The molecule has 2 rings (SSSR count). The molecule has 6 nitrogen and oxygen atoms in total. The van der Waals surface area contributed by atoms with Crippen molar-refractivity contribution in [1.29, 1.82) is 0 Å². The Hall–Kier alpha value is -2.37. The van der Waals surface area contributed by atoms with Gasteiger partial charge < -0.3 is 5.32 Å². The quantitative estimate of drug-likeness (QED) is 0.822. The third kappa shape index (κ3) is 2.81. The number of para-hydroxylation sites is 1. The summed E-state index contributed by atoms with van der Waals surface area (Å²) in [6, 6.07) is 7.42. The van der Waals surface area contributed by atoms with Gasteiger partial charge in [0.2, 0.25) is 5.91 Å². The summed E-state index contributed by atoms with van der Waals surface area (Å²) >= 11 is 0. The third-order valence-corrected chi connectivity index (χ3v) is 2.23. The van der Waals surface area contributed by atoms with E-state index in [2.05, 4.69) is 20.0 Å². The van der Waals surface area contributed by atoms with E-state index in [1.165, 1.54) is 0 Å². The van der Waals surface area contributed by atoms with E-state index in [0.29, 0.717) is 0 Å². The topological polar surface area (TPSA) is 88.0 Å². The number of nitrogens with one attached hydrogen (secondary N) is 2. The molecule has 0 unspecified atom stereocenters. The molecule has 1 aromatic heterocycles. The zero-order chi connectivity index (χ0) is 12.3. The standard InChI is InChI=1S/C11H11N3O3/c1-7-4-2-3-5-8(7)12-10(15)6-9-13-11(16)17-14-9/h2-5H,6H2,1H3,(H,12,15)(H,13,14,16). The molecule has 0 radical (unpaired) electrons. The molecule has 2 aromatic rings. The highest BCUT2D eigenvalue weighted by atomic mass is 16.5. The molecular weight excluding hydrogens is 222 g/mol. The Labute approximate surface area is 96.6 Å². The number of hydrogen-bond acceptors (Lipinski definition) is 4. The first-order valence-electron chi connectivity index (χ1n) is 5.05. The first kappa shape index (κ1) is 11.1. The Balaban J connectivity index is 2.03. The number of hydrogen-bond donors (Lipinski definition) is 2. The van der Waals surface area contributed by atoms with Gasteiger partial charge in [0.15, 0.2) is 5.82 Å². The Bertz CT molecular complexity index is 585. The van der Waals surface area contributed by atoms with Gasteiger partial charge in [0.05, 0.1) is 6.42 Å². The Morgan fingerprint density at radius 1 is 1.47 bits per heavy atom. The fourth-order valence-electron chi connectivity index (χ4n) is 1.40.